The largest absolute Gasteiger partial charge is 0.461 e. The molecule has 3 fully saturated rings. The molecule has 7 nitrogen and oxygen atoms in total. The number of rotatable bonds is 5. The van der Waals surface area contributed by atoms with Crippen LogP contribution in [-0.2, 0) is 0 Å². The van der Waals surface area contributed by atoms with Gasteiger partial charge in [0.1, 0.15) is 5.75 Å². The summed E-state index contributed by atoms with van der Waals surface area (Å²) in [5.41, 5.74) is 7.70. The molecule has 150 valence electrons. The molecular formula is C20H25FN4O3. The molecule has 5 rings (SSSR count). The molecule has 0 amide bonds. The van der Waals surface area contributed by atoms with E-state index in [1.807, 2.05) is 6.92 Å². The molecule has 3 N–H and O–H groups in total. The lowest BCUT2D eigenvalue weighted by Crippen LogP contribution is -2.35. The Balaban J connectivity index is 1.70. The summed E-state index contributed by atoms with van der Waals surface area (Å²) in [6, 6.07) is 1.69. The van der Waals surface area contributed by atoms with Gasteiger partial charge in [-0.2, -0.15) is 0 Å². The van der Waals surface area contributed by atoms with Crippen LogP contribution < -0.4 is 26.6 Å². The zero-order valence-electron chi connectivity index (χ0n) is 16.0. The summed E-state index contributed by atoms with van der Waals surface area (Å²) in [5.74, 6) is 0.743. The Labute approximate surface area is 161 Å². The number of anilines is 1. The lowest BCUT2D eigenvalue weighted by atomic mass is 9.97. The number of aromatic amines is 1. The highest BCUT2D eigenvalue weighted by molar-refractivity contribution is 5.90. The van der Waals surface area contributed by atoms with Gasteiger partial charge in [0.25, 0.3) is 5.56 Å². The molecule has 1 aliphatic heterocycles. The molecule has 1 unspecified atom stereocenters. The Morgan fingerprint density at radius 3 is 2.71 bits per heavy atom. The average molecular weight is 388 g/mol. The smallest absolute Gasteiger partial charge is 0.329 e. The number of nitrogens with two attached hydrogens (primary N) is 1. The van der Waals surface area contributed by atoms with Gasteiger partial charge in [0.15, 0.2) is 0 Å². The van der Waals surface area contributed by atoms with Crippen LogP contribution >= 0.6 is 0 Å². The summed E-state index contributed by atoms with van der Waals surface area (Å²) in [5, 5.41) is 0.365. The second-order valence-corrected chi connectivity index (χ2v) is 8.52. The molecule has 1 saturated heterocycles. The first kappa shape index (κ1) is 17.7. The lowest BCUT2D eigenvalue weighted by molar-refractivity contribution is 0.192. The van der Waals surface area contributed by atoms with Crippen molar-refractivity contribution in [1.82, 2.24) is 9.55 Å². The fourth-order valence-corrected chi connectivity index (χ4v) is 4.80. The SMILES string of the molecule is Cc1c(N2CCC(C3(N)CC3)C2)c(OCF)cc2c(=O)[nH]c(=O)n(C3CC3)c12. The topological polar surface area (TPSA) is 93.3 Å². The molecule has 3 aliphatic rings. The minimum absolute atomic E-state index is 0.0755. The molecule has 28 heavy (non-hydrogen) atoms. The number of benzene rings is 1. The summed E-state index contributed by atoms with van der Waals surface area (Å²) in [7, 11) is 0. The van der Waals surface area contributed by atoms with E-state index in [-0.39, 0.29) is 17.3 Å². The first-order chi connectivity index (χ1) is 13.4. The zero-order valence-corrected chi connectivity index (χ0v) is 16.0. The van der Waals surface area contributed by atoms with Crippen LogP contribution in [-0.4, -0.2) is 35.0 Å². The highest BCUT2D eigenvalue weighted by Crippen LogP contribution is 2.47. The maximum Gasteiger partial charge on any atom is 0.329 e. The quantitative estimate of drug-likeness (QED) is 0.817. The zero-order chi connectivity index (χ0) is 19.6. The second-order valence-electron chi connectivity index (χ2n) is 8.52. The standard InChI is InChI=1S/C20H25FN4O3/c1-11-16-14(18(26)23-19(27)25(16)13-2-3-13)8-15(28-10-21)17(11)24-7-4-12(9-24)20(22)5-6-20/h8,12-13H,2-7,9-10,22H2,1H3,(H,23,26,27). The number of aryl methyl sites for hydroxylation is 1. The molecule has 0 bridgehead atoms. The number of hydrogen-bond acceptors (Lipinski definition) is 5. The molecule has 1 aromatic heterocycles. The summed E-state index contributed by atoms with van der Waals surface area (Å²) in [6.45, 7) is 2.50. The third kappa shape index (κ3) is 2.65. The van der Waals surface area contributed by atoms with Gasteiger partial charge in [0.2, 0.25) is 6.86 Å². The predicted octanol–water partition coefficient (Wildman–Crippen LogP) is 1.96. The lowest BCUT2D eigenvalue weighted by Gasteiger charge is -2.26. The van der Waals surface area contributed by atoms with Gasteiger partial charge in [-0.15, -0.1) is 0 Å². The van der Waals surface area contributed by atoms with Crippen molar-refractivity contribution in [3.63, 3.8) is 0 Å². The molecule has 2 aromatic rings. The van der Waals surface area contributed by atoms with Crippen LogP contribution in [0.15, 0.2) is 15.7 Å². The number of H-pyrrole nitrogens is 1. The summed E-state index contributed by atoms with van der Waals surface area (Å²) in [6.07, 6.45) is 4.91. The monoisotopic (exact) mass is 388 g/mol. The van der Waals surface area contributed by atoms with Gasteiger partial charge in [-0.25, -0.2) is 9.18 Å². The molecule has 2 heterocycles. The van der Waals surface area contributed by atoms with E-state index >= 15 is 0 Å². The Morgan fingerprint density at radius 2 is 2.07 bits per heavy atom. The Kier molecular flexibility index (Phi) is 3.84. The summed E-state index contributed by atoms with van der Waals surface area (Å²) in [4.78, 5) is 29.6. The first-order valence-corrected chi connectivity index (χ1v) is 9.97. The first-order valence-electron chi connectivity index (χ1n) is 9.97. The van der Waals surface area contributed by atoms with Crippen molar-refractivity contribution in [2.75, 3.05) is 24.9 Å². The molecule has 2 aliphatic carbocycles. The van der Waals surface area contributed by atoms with E-state index < -0.39 is 12.4 Å². The van der Waals surface area contributed by atoms with Crippen LogP contribution in [0.25, 0.3) is 10.9 Å². The molecule has 0 radical (unpaired) electrons. The van der Waals surface area contributed by atoms with Gasteiger partial charge >= 0.3 is 5.69 Å². The number of fused-ring (bicyclic) bond motifs is 1. The average Bonchev–Trinajstić information content (AvgIpc) is 3.57. The number of nitrogens with zero attached hydrogens (tertiary/aromatic N) is 2. The highest BCUT2D eigenvalue weighted by Gasteiger charge is 2.48. The van der Waals surface area contributed by atoms with Gasteiger partial charge in [-0.1, -0.05) is 0 Å². The fraction of sp³-hybridized carbons (Fsp3) is 0.600. The van der Waals surface area contributed by atoms with E-state index in [9.17, 15) is 14.0 Å². The van der Waals surface area contributed by atoms with Crippen LogP contribution in [0.3, 0.4) is 0 Å². The summed E-state index contributed by atoms with van der Waals surface area (Å²) >= 11 is 0. The van der Waals surface area contributed by atoms with Crippen molar-refractivity contribution >= 4 is 16.6 Å². The number of nitrogens with one attached hydrogen (secondary N) is 1. The van der Waals surface area contributed by atoms with Crippen LogP contribution in [0.1, 0.15) is 43.7 Å². The van der Waals surface area contributed by atoms with Gasteiger partial charge in [-0.05, 0) is 51.0 Å². The normalized spacial score (nSPS) is 23.4. The Hall–Kier alpha value is -2.35. The number of hydrogen-bond donors (Lipinski definition) is 2. The van der Waals surface area contributed by atoms with Gasteiger partial charge in [0, 0.05) is 30.2 Å². The second kappa shape index (κ2) is 6.07. The predicted molar refractivity (Wildman–Crippen MR) is 105 cm³/mol. The van der Waals surface area contributed by atoms with Crippen molar-refractivity contribution in [3.05, 3.63) is 32.5 Å². The molecule has 2 saturated carbocycles. The van der Waals surface area contributed by atoms with Gasteiger partial charge in [-0.3, -0.25) is 14.3 Å². The highest BCUT2D eigenvalue weighted by atomic mass is 19.1. The van der Waals surface area contributed by atoms with E-state index in [0.717, 1.165) is 56.4 Å². The number of ether oxygens (including phenoxy) is 1. The van der Waals surface area contributed by atoms with E-state index in [4.69, 9.17) is 10.5 Å². The van der Waals surface area contributed by atoms with Gasteiger partial charge in [0.05, 0.1) is 16.6 Å². The number of alkyl halides is 1. The Morgan fingerprint density at radius 1 is 1.32 bits per heavy atom. The fourth-order valence-electron chi connectivity index (χ4n) is 4.80. The van der Waals surface area contributed by atoms with E-state index in [1.54, 1.807) is 10.6 Å². The van der Waals surface area contributed by atoms with Crippen molar-refractivity contribution in [2.24, 2.45) is 11.7 Å². The van der Waals surface area contributed by atoms with E-state index in [1.165, 1.54) is 0 Å². The van der Waals surface area contributed by atoms with Crippen LogP contribution in [0, 0.1) is 12.8 Å². The number of halogens is 1. The molecule has 8 heteroatoms. The third-order valence-corrected chi connectivity index (χ3v) is 6.67. The Bertz CT molecular complexity index is 1070. The van der Waals surface area contributed by atoms with Crippen LogP contribution in [0.2, 0.25) is 0 Å². The van der Waals surface area contributed by atoms with Crippen LogP contribution in [0.4, 0.5) is 10.1 Å². The van der Waals surface area contributed by atoms with Crippen molar-refractivity contribution in [1.29, 1.82) is 0 Å². The molecule has 1 aromatic carbocycles. The van der Waals surface area contributed by atoms with E-state index in [2.05, 4.69) is 9.88 Å². The van der Waals surface area contributed by atoms with E-state index in [0.29, 0.717) is 22.6 Å². The minimum atomic E-state index is -0.976. The van der Waals surface area contributed by atoms with Gasteiger partial charge < -0.3 is 15.4 Å². The number of aromatic nitrogens is 2. The van der Waals surface area contributed by atoms with Crippen LogP contribution in [0.5, 0.6) is 5.75 Å². The summed E-state index contributed by atoms with van der Waals surface area (Å²) < 4.78 is 20.1. The molecule has 1 atom stereocenters. The maximum atomic E-state index is 13.1. The van der Waals surface area contributed by atoms with Crippen molar-refractivity contribution in [2.45, 2.75) is 50.6 Å². The third-order valence-electron chi connectivity index (χ3n) is 6.67. The molecular weight excluding hydrogens is 363 g/mol. The van der Waals surface area contributed by atoms with Crippen molar-refractivity contribution < 1.29 is 9.13 Å². The van der Waals surface area contributed by atoms with Crippen molar-refractivity contribution in [3.8, 4) is 5.75 Å². The maximum absolute atomic E-state index is 13.1. The minimum Gasteiger partial charge on any atom is -0.461 e. The molecule has 0 spiro atoms.